The zero-order chi connectivity index (χ0) is 18.4. The second kappa shape index (κ2) is 6.36. The minimum Gasteiger partial charge on any atom is -0.381 e. The van der Waals surface area contributed by atoms with Crippen LogP contribution in [-0.4, -0.2) is 56.0 Å². The fourth-order valence-corrected chi connectivity index (χ4v) is 6.42. The lowest BCUT2D eigenvalue weighted by Gasteiger charge is -2.49. The average Bonchev–Trinajstić information content (AvgIpc) is 3.37. The van der Waals surface area contributed by atoms with E-state index in [4.69, 9.17) is 10.00 Å². The number of nitrogens with zero attached hydrogens (tertiary/aromatic N) is 2. The zero-order valence-corrected chi connectivity index (χ0v) is 15.4. The van der Waals surface area contributed by atoms with Crippen LogP contribution in [0.2, 0.25) is 0 Å². The molecule has 1 atom stereocenters. The van der Waals surface area contributed by atoms with E-state index in [9.17, 15) is 13.2 Å². The Morgan fingerprint density at radius 1 is 1.27 bits per heavy atom. The van der Waals surface area contributed by atoms with Crippen LogP contribution in [0.25, 0.3) is 0 Å². The van der Waals surface area contributed by atoms with Gasteiger partial charge >= 0.3 is 0 Å². The standard InChI is InChI=1S/C19H22N2O4S/c20-9-15-2-1-3-16(8-15)18(22)21-12-19(13-21)17(6-7-26(19,23)24)11-25-10-14-4-5-14/h1-3,8,14,17H,4-7,10-13H2. The van der Waals surface area contributed by atoms with Crippen molar-refractivity contribution in [3.05, 3.63) is 35.4 Å². The first-order valence-electron chi connectivity index (χ1n) is 9.05. The molecule has 6 nitrogen and oxygen atoms in total. The Morgan fingerprint density at radius 2 is 2.04 bits per heavy atom. The van der Waals surface area contributed by atoms with Crippen LogP contribution in [0.3, 0.4) is 0 Å². The van der Waals surface area contributed by atoms with Gasteiger partial charge in [-0.1, -0.05) is 6.07 Å². The molecular formula is C19H22N2O4S. The molecule has 4 rings (SSSR count). The molecule has 0 radical (unpaired) electrons. The topological polar surface area (TPSA) is 87.5 Å². The van der Waals surface area contributed by atoms with Gasteiger partial charge in [0.25, 0.3) is 5.91 Å². The van der Waals surface area contributed by atoms with E-state index in [-0.39, 0.29) is 30.7 Å². The van der Waals surface area contributed by atoms with Crippen LogP contribution in [-0.2, 0) is 14.6 Å². The number of amides is 1. The van der Waals surface area contributed by atoms with Crippen molar-refractivity contribution in [3.8, 4) is 6.07 Å². The molecular weight excluding hydrogens is 352 g/mol. The molecule has 2 saturated heterocycles. The van der Waals surface area contributed by atoms with E-state index in [2.05, 4.69) is 0 Å². The van der Waals surface area contributed by atoms with Gasteiger partial charge in [-0.3, -0.25) is 4.79 Å². The van der Waals surface area contributed by atoms with Gasteiger partial charge in [0, 0.05) is 31.2 Å². The van der Waals surface area contributed by atoms with E-state index < -0.39 is 14.6 Å². The first-order chi connectivity index (χ1) is 12.4. The Morgan fingerprint density at radius 3 is 2.73 bits per heavy atom. The Labute approximate surface area is 153 Å². The summed E-state index contributed by atoms with van der Waals surface area (Å²) in [5.74, 6) is 0.570. The van der Waals surface area contributed by atoms with E-state index in [1.54, 1.807) is 29.2 Å². The lowest BCUT2D eigenvalue weighted by atomic mass is 9.83. The minimum absolute atomic E-state index is 0.0410. The predicted octanol–water partition coefficient (Wildman–Crippen LogP) is 1.61. The third-order valence-corrected chi connectivity index (χ3v) is 8.51. The summed E-state index contributed by atoms with van der Waals surface area (Å²) in [6.45, 7) is 1.63. The Balaban J connectivity index is 1.45. The molecule has 0 aromatic heterocycles. The van der Waals surface area contributed by atoms with Crippen molar-refractivity contribution < 1.29 is 17.9 Å². The van der Waals surface area contributed by atoms with Gasteiger partial charge in [0.15, 0.2) is 9.84 Å². The first kappa shape index (κ1) is 17.5. The number of benzene rings is 1. The fraction of sp³-hybridized carbons (Fsp3) is 0.579. The highest BCUT2D eigenvalue weighted by molar-refractivity contribution is 7.93. The van der Waals surface area contributed by atoms with E-state index >= 15 is 0 Å². The third kappa shape index (κ3) is 2.91. The van der Waals surface area contributed by atoms with E-state index in [0.29, 0.717) is 30.1 Å². The maximum absolute atomic E-state index is 12.7. The van der Waals surface area contributed by atoms with Gasteiger partial charge in [-0.25, -0.2) is 8.42 Å². The molecule has 2 heterocycles. The van der Waals surface area contributed by atoms with Crippen LogP contribution in [0.5, 0.6) is 0 Å². The van der Waals surface area contributed by atoms with Crippen molar-refractivity contribution in [2.45, 2.75) is 24.0 Å². The quantitative estimate of drug-likeness (QED) is 0.781. The zero-order valence-electron chi connectivity index (χ0n) is 14.6. The van der Waals surface area contributed by atoms with Crippen LogP contribution in [0.1, 0.15) is 35.2 Å². The summed E-state index contributed by atoms with van der Waals surface area (Å²) >= 11 is 0. The Bertz CT molecular complexity index is 864. The number of likely N-dealkylation sites (tertiary alicyclic amines) is 1. The first-order valence-corrected chi connectivity index (χ1v) is 10.7. The molecule has 1 amide bonds. The van der Waals surface area contributed by atoms with Crippen molar-refractivity contribution in [2.24, 2.45) is 11.8 Å². The number of carbonyl (C=O) groups is 1. The van der Waals surface area contributed by atoms with Gasteiger partial charge < -0.3 is 9.64 Å². The molecule has 1 spiro atoms. The second-order valence-electron chi connectivity index (χ2n) is 7.70. The maximum Gasteiger partial charge on any atom is 0.253 e. The van der Waals surface area contributed by atoms with Crippen molar-refractivity contribution >= 4 is 15.7 Å². The number of carbonyl (C=O) groups excluding carboxylic acids is 1. The van der Waals surface area contributed by atoms with Crippen molar-refractivity contribution in [2.75, 3.05) is 32.1 Å². The molecule has 1 aromatic rings. The fourth-order valence-electron chi connectivity index (χ4n) is 4.02. The van der Waals surface area contributed by atoms with Gasteiger partial charge in [-0.2, -0.15) is 5.26 Å². The molecule has 1 saturated carbocycles. The smallest absolute Gasteiger partial charge is 0.253 e. The van der Waals surface area contributed by atoms with Crippen LogP contribution in [0.4, 0.5) is 0 Å². The summed E-state index contributed by atoms with van der Waals surface area (Å²) in [6, 6.07) is 8.54. The third-order valence-electron chi connectivity index (χ3n) is 5.91. The molecule has 1 aromatic carbocycles. The summed E-state index contributed by atoms with van der Waals surface area (Å²) in [7, 11) is -3.22. The molecule has 138 valence electrons. The van der Waals surface area contributed by atoms with Gasteiger partial charge in [0.05, 0.1) is 24.0 Å². The summed E-state index contributed by atoms with van der Waals surface area (Å²) in [5.41, 5.74) is 0.849. The van der Waals surface area contributed by atoms with E-state index in [1.807, 2.05) is 6.07 Å². The molecule has 0 N–H and O–H groups in total. The van der Waals surface area contributed by atoms with E-state index in [0.717, 1.165) is 6.61 Å². The minimum atomic E-state index is -3.22. The lowest BCUT2D eigenvalue weighted by Crippen LogP contribution is -2.68. The molecule has 2 aliphatic heterocycles. The largest absolute Gasteiger partial charge is 0.381 e. The Hall–Kier alpha value is -1.91. The highest BCUT2D eigenvalue weighted by atomic mass is 32.2. The highest BCUT2D eigenvalue weighted by Gasteiger charge is 2.62. The maximum atomic E-state index is 12.7. The number of ether oxygens (including phenoxy) is 1. The number of sulfone groups is 1. The number of hydrogen-bond acceptors (Lipinski definition) is 5. The van der Waals surface area contributed by atoms with Gasteiger partial charge in [-0.15, -0.1) is 0 Å². The SMILES string of the molecule is N#Cc1cccc(C(=O)N2CC3(C2)C(COCC2CC2)CCS3(=O)=O)c1. The molecule has 0 bridgehead atoms. The van der Waals surface area contributed by atoms with Gasteiger partial charge in [-0.05, 0) is 43.4 Å². The van der Waals surface area contributed by atoms with Crippen LogP contribution >= 0.6 is 0 Å². The number of nitriles is 1. The molecule has 7 heteroatoms. The predicted molar refractivity (Wildman–Crippen MR) is 95.2 cm³/mol. The second-order valence-corrected chi connectivity index (χ2v) is 10.2. The number of hydrogen-bond donors (Lipinski definition) is 0. The summed E-state index contributed by atoms with van der Waals surface area (Å²) in [6.07, 6.45) is 3.02. The van der Waals surface area contributed by atoms with Crippen LogP contribution < -0.4 is 0 Å². The van der Waals surface area contributed by atoms with E-state index in [1.165, 1.54) is 12.8 Å². The van der Waals surface area contributed by atoms with Gasteiger partial charge in [0.1, 0.15) is 4.75 Å². The van der Waals surface area contributed by atoms with Crippen LogP contribution in [0, 0.1) is 23.2 Å². The lowest BCUT2D eigenvalue weighted by molar-refractivity contribution is 0.0228. The molecule has 1 aliphatic carbocycles. The Kier molecular flexibility index (Phi) is 4.28. The van der Waals surface area contributed by atoms with Crippen molar-refractivity contribution in [3.63, 3.8) is 0 Å². The van der Waals surface area contributed by atoms with Gasteiger partial charge in [0.2, 0.25) is 0 Å². The van der Waals surface area contributed by atoms with Crippen molar-refractivity contribution in [1.29, 1.82) is 5.26 Å². The molecule has 1 unspecified atom stereocenters. The average molecular weight is 374 g/mol. The summed E-state index contributed by atoms with van der Waals surface area (Å²) in [5, 5.41) is 8.98. The highest BCUT2D eigenvalue weighted by Crippen LogP contribution is 2.45. The summed E-state index contributed by atoms with van der Waals surface area (Å²) in [4.78, 5) is 14.2. The number of rotatable bonds is 5. The van der Waals surface area contributed by atoms with Crippen LogP contribution in [0.15, 0.2) is 24.3 Å². The molecule has 26 heavy (non-hydrogen) atoms. The normalized spacial score (nSPS) is 25.7. The monoisotopic (exact) mass is 374 g/mol. The molecule has 3 fully saturated rings. The molecule has 3 aliphatic rings. The van der Waals surface area contributed by atoms with Crippen molar-refractivity contribution in [1.82, 2.24) is 4.90 Å². The summed E-state index contributed by atoms with van der Waals surface area (Å²) < 4.78 is 30.2.